The van der Waals surface area contributed by atoms with Gasteiger partial charge in [0.25, 0.3) is 0 Å². The van der Waals surface area contributed by atoms with E-state index >= 15 is 0 Å². The zero-order chi connectivity index (χ0) is 9.68. The van der Waals surface area contributed by atoms with Gasteiger partial charge in [0.1, 0.15) is 6.61 Å². The predicted molar refractivity (Wildman–Crippen MR) is 52.6 cm³/mol. The molecule has 1 rings (SSSR count). The molecule has 0 aliphatic rings. The predicted octanol–water partition coefficient (Wildman–Crippen LogP) is 3.21. The fourth-order valence-corrected chi connectivity index (χ4v) is 0.945. The molecule has 2 nitrogen and oxygen atoms in total. The third kappa shape index (κ3) is 3.30. The molecule has 68 valence electrons. The van der Waals surface area contributed by atoms with Crippen LogP contribution in [0.5, 0.6) is 0 Å². The Labute approximate surface area is 81.8 Å². The number of ether oxygens (including phenoxy) is 1. The Bertz CT molecular complexity index is 303. The number of halogens is 1. The van der Waals surface area contributed by atoms with Gasteiger partial charge in [0, 0.05) is 11.6 Å². The normalized spacial score (nSPS) is 9.31. The van der Waals surface area contributed by atoms with Gasteiger partial charge in [0.15, 0.2) is 0 Å². The van der Waals surface area contributed by atoms with E-state index in [9.17, 15) is 4.79 Å². The number of carbonyl (C=O) groups is 1. The molecule has 0 aliphatic heterocycles. The molecular formula is C10H9ClO2. The fourth-order valence-electron chi connectivity index (χ4n) is 0.890. The first-order valence-electron chi connectivity index (χ1n) is 3.76. The monoisotopic (exact) mass is 196 g/mol. The lowest BCUT2D eigenvalue weighted by atomic mass is 10.1. The Balaban J connectivity index is 2.59. The lowest BCUT2D eigenvalue weighted by molar-refractivity contribution is 0.167. The lowest BCUT2D eigenvalue weighted by Crippen LogP contribution is -1.94. The molecule has 0 aliphatic carbocycles. The van der Waals surface area contributed by atoms with Crippen LogP contribution in [0.1, 0.15) is 11.1 Å². The third-order valence-corrected chi connectivity index (χ3v) is 1.68. The third-order valence-electron chi connectivity index (χ3n) is 1.57. The molecule has 0 radical (unpaired) electrons. The van der Waals surface area contributed by atoms with Crippen molar-refractivity contribution in [1.29, 1.82) is 0 Å². The first kappa shape index (κ1) is 9.81. The largest absolute Gasteiger partial charge is 0.449 e. The summed E-state index contributed by atoms with van der Waals surface area (Å²) in [5.74, 6) is 0. The van der Waals surface area contributed by atoms with E-state index in [1.54, 1.807) is 6.08 Å². The highest BCUT2D eigenvalue weighted by Crippen LogP contribution is 2.07. The standard InChI is InChI=1S/C10H9ClO2/c1-2-8-3-5-9(6-4-8)7-13-10(11)12/h2-6H,1,7H2. The van der Waals surface area contributed by atoms with Crippen molar-refractivity contribution in [3.63, 3.8) is 0 Å². The highest BCUT2D eigenvalue weighted by Gasteiger charge is 1.96. The molecule has 0 unspecified atom stereocenters. The van der Waals surface area contributed by atoms with E-state index in [0.717, 1.165) is 11.1 Å². The minimum atomic E-state index is -0.784. The highest BCUT2D eigenvalue weighted by molar-refractivity contribution is 6.61. The van der Waals surface area contributed by atoms with Crippen LogP contribution in [0.3, 0.4) is 0 Å². The average Bonchev–Trinajstić information content (AvgIpc) is 2.15. The smallest absolute Gasteiger partial charge is 0.404 e. The van der Waals surface area contributed by atoms with Crippen LogP contribution in [0.15, 0.2) is 30.8 Å². The van der Waals surface area contributed by atoms with Gasteiger partial charge < -0.3 is 4.74 Å². The van der Waals surface area contributed by atoms with E-state index in [-0.39, 0.29) is 6.61 Å². The van der Waals surface area contributed by atoms with E-state index in [0.29, 0.717) is 0 Å². The van der Waals surface area contributed by atoms with E-state index < -0.39 is 5.43 Å². The van der Waals surface area contributed by atoms with Crippen molar-refractivity contribution in [2.24, 2.45) is 0 Å². The Kier molecular flexibility index (Phi) is 3.53. The summed E-state index contributed by atoms with van der Waals surface area (Å²) < 4.78 is 4.60. The topological polar surface area (TPSA) is 26.3 Å². The molecule has 0 heterocycles. The van der Waals surface area contributed by atoms with Gasteiger partial charge in [0.2, 0.25) is 0 Å². The Morgan fingerprint density at radius 1 is 1.46 bits per heavy atom. The molecule has 0 fully saturated rings. The maximum Gasteiger partial charge on any atom is 0.404 e. The van der Waals surface area contributed by atoms with Gasteiger partial charge in [-0.25, -0.2) is 4.79 Å². The van der Waals surface area contributed by atoms with Crippen LogP contribution in [0.4, 0.5) is 4.79 Å². The summed E-state index contributed by atoms with van der Waals surface area (Å²) in [5, 5.41) is 0. The number of hydrogen-bond acceptors (Lipinski definition) is 2. The number of hydrogen-bond donors (Lipinski definition) is 0. The summed E-state index contributed by atoms with van der Waals surface area (Å²) in [4.78, 5) is 10.3. The second-order valence-electron chi connectivity index (χ2n) is 2.47. The van der Waals surface area contributed by atoms with Crippen molar-refractivity contribution >= 4 is 23.1 Å². The summed E-state index contributed by atoms with van der Waals surface area (Å²) >= 11 is 5.01. The SMILES string of the molecule is C=Cc1ccc(COC(=O)Cl)cc1. The molecule has 3 heteroatoms. The average molecular weight is 197 g/mol. The fraction of sp³-hybridized carbons (Fsp3) is 0.100. The molecule has 1 aromatic rings. The summed E-state index contributed by atoms with van der Waals surface area (Å²) in [6, 6.07) is 7.50. The zero-order valence-electron chi connectivity index (χ0n) is 7.00. The molecule has 0 amide bonds. The van der Waals surface area contributed by atoms with E-state index in [4.69, 9.17) is 11.6 Å². The Hall–Kier alpha value is -1.28. The van der Waals surface area contributed by atoms with Crippen molar-refractivity contribution in [2.45, 2.75) is 6.61 Å². The lowest BCUT2D eigenvalue weighted by Gasteiger charge is -2.00. The van der Waals surface area contributed by atoms with Gasteiger partial charge in [-0.3, -0.25) is 0 Å². The van der Waals surface area contributed by atoms with Crippen molar-refractivity contribution in [1.82, 2.24) is 0 Å². The highest BCUT2D eigenvalue weighted by atomic mass is 35.5. The van der Waals surface area contributed by atoms with Crippen LogP contribution in [0.25, 0.3) is 6.08 Å². The van der Waals surface area contributed by atoms with Crippen LogP contribution >= 0.6 is 11.6 Å². The second kappa shape index (κ2) is 4.67. The Morgan fingerprint density at radius 2 is 2.08 bits per heavy atom. The Morgan fingerprint density at radius 3 is 2.54 bits per heavy atom. The summed E-state index contributed by atoms with van der Waals surface area (Å²) in [6.07, 6.45) is 1.75. The van der Waals surface area contributed by atoms with E-state index in [2.05, 4.69) is 11.3 Å². The minimum absolute atomic E-state index is 0.208. The molecule has 0 atom stereocenters. The summed E-state index contributed by atoms with van der Waals surface area (Å²) in [6.45, 7) is 3.84. The van der Waals surface area contributed by atoms with Crippen LogP contribution < -0.4 is 0 Å². The van der Waals surface area contributed by atoms with E-state index in [1.165, 1.54) is 0 Å². The number of benzene rings is 1. The van der Waals surface area contributed by atoms with Crippen LogP contribution in [-0.4, -0.2) is 5.43 Å². The second-order valence-corrected chi connectivity index (χ2v) is 2.78. The molecule has 0 aromatic heterocycles. The minimum Gasteiger partial charge on any atom is -0.449 e. The van der Waals surface area contributed by atoms with Gasteiger partial charge in [-0.05, 0) is 11.1 Å². The zero-order valence-corrected chi connectivity index (χ0v) is 7.75. The summed E-state index contributed by atoms with van der Waals surface area (Å²) in [7, 11) is 0. The maximum atomic E-state index is 10.3. The number of rotatable bonds is 3. The maximum absolute atomic E-state index is 10.3. The van der Waals surface area contributed by atoms with Crippen molar-refractivity contribution in [3.05, 3.63) is 42.0 Å². The molecule has 13 heavy (non-hydrogen) atoms. The molecule has 0 spiro atoms. The molecule has 0 saturated carbocycles. The van der Waals surface area contributed by atoms with Gasteiger partial charge in [-0.15, -0.1) is 0 Å². The molecule has 0 saturated heterocycles. The van der Waals surface area contributed by atoms with Gasteiger partial charge in [-0.1, -0.05) is 36.9 Å². The van der Waals surface area contributed by atoms with Crippen LogP contribution in [0.2, 0.25) is 0 Å². The summed E-state index contributed by atoms with van der Waals surface area (Å²) in [5.41, 5.74) is 1.15. The van der Waals surface area contributed by atoms with Crippen molar-refractivity contribution in [2.75, 3.05) is 0 Å². The molecule has 0 N–H and O–H groups in total. The van der Waals surface area contributed by atoms with Crippen LogP contribution in [-0.2, 0) is 11.3 Å². The first-order chi connectivity index (χ1) is 6.22. The van der Waals surface area contributed by atoms with Gasteiger partial charge >= 0.3 is 5.43 Å². The van der Waals surface area contributed by atoms with Gasteiger partial charge in [0.05, 0.1) is 0 Å². The first-order valence-corrected chi connectivity index (χ1v) is 4.14. The molecular weight excluding hydrogens is 188 g/mol. The van der Waals surface area contributed by atoms with Gasteiger partial charge in [-0.2, -0.15) is 0 Å². The quantitative estimate of drug-likeness (QED) is 0.694. The van der Waals surface area contributed by atoms with E-state index in [1.807, 2.05) is 24.3 Å². The molecule has 0 bridgehead atoms. The van der Waals surface area contributed by atoms with Crippen molar-refractivity contribution < 1.29 is 9.53 Å². The molecule has 1 aromatic carbocycles. The van der Waals surface area contributed by atoms with Crippen molar-refractivity contribution in [3.8, 4) is 0 Å². The van der Waals surface area contributed by atoms with Crippen LogP contribution in [0, 0.1) is 0 Å². The number of carbonyl (C=O) groups excluding carboxylic acids is 1.